The highest BCUT2D eigenvalue weighted by Gasteiger charge is 2.49. The summed E-state index contributed by atoms with van der Waals surface area (Å²) in [6.07, 6.45) is 13.8. The van der Waals surface area contributed by atoms with Crippen LogP contribution in [0.25, 0.3) is 5.57 Å². The van der Waals surface area contributed by atoms with E-state index in [0.717, 1.165) is 35.1 Å². The molecule has 2 aliphatic carbocycles. The molecule has 2 aliphatic heterocycles. The third kappa shape index (κ3) is 4.53. The lowest BCUT2D eigenvalue weighted by atomic mass is 9.63. The molecule has 0 amide bonds. The van der Waals surface area contributed by atoms with Gasteiger partial charge in [-0.05, 0) is 67.0 Å². The van der Waals surface area contributed by atoms with Gasteiger partial charge in [-0.1, -0.05) is 50.5 Å². The van der Waals surface area contributed by atoms with Crippen LogP contribution in [0.5, 0.6) is 0 Å². The van der Waals surface area contributed by atoms with Gasteiger partial charge in [-0.3, -0.25) is 4.79 Å². The summed E-state index contributed by atoms with van der Waals surface area (Å²) in [4.78, 5) is 11.7. The van der Waals surface area contributed by atoms with E-state index < -0.39 is 0 Å². The lowest BCUT2D eigenvalue weighted by molar-refractivity contribution is -0.144. The number of halogens is 1. The van der Waals surface area contributed by atoms with E-state index in [-0.39, 0.29) is 23.8 Å². The van der Waals surface area contributed by atoms with Gasteiger partial charge in [-0.2, -0.15) is 0 Å². The molecular weight excluding hydrogens is 377 g/mol. The molecule has 3 nitrogen and oxygen atoms in total. The van der Waals surface area contributed by atoms with Crippen LogP contribution in [0.15, 0.2) is 54.8 Å². The summed E-state index contributed by atoms with van der Waals surface area (Å²) < 4.78 is 18.4. The van der Waals surface area contributed by atoms with Gasteiger partial charge in [0, 0.05) is 18.2 Å². The number of hydrogen-bond acceptors (Lipinski definition) is 3. The highest BCUT2D eigenvalue weighted by atomic mass is 19.1. The van der Waals surface area contributed by atoms with Crippen molar-refractivity contribution < 1.29 is 13.9 Å². The molecule has 1 saturated heterocycles. The van der Waals surface area contributed by atoms with Crippen molar-refractivity contribution in [2.45, 2.75) is 51.6 Å². The van der Waals surface area contributed by atoms with Crippen molar-refractivity contribution in [2.24, 2.45) is 23.7 Å². The number of benzene rings is 1. The molecule has 2 heterocycles. The van der Waals surface area contributed by atoms with Gasteiger partial charge in [0.25, 0.3) is 0 Å². The second-order valence-electron chi connectivity index (χ2n) is 9.07. The Hall–Kier alpha value is -2.36. The predicted molar refractivity (Wildman–Crippen MR) is 118 cm³/mol. The molecule has 0 spiro atoms. The average Bonchev–Trinajstić information content (AvgIpc) is 3.05. The van der Waals surface area contributed by atoms with E-state index >= 15 is 0 Å². The molecule has 4 heteroatoms. The molecule has 1 N–H and O–H groups in total. The number of carbonyl (C=O) groups is 1. The molecule has 4 aliphatic rings. The number of carbonyl (C=O) groups excluding carboxylic acids is 1. The van der Waals surface area contributed by atoms with E-state index in [1.165, 1.54) is 38.2 Å². The van der Waals surface area contributed by atoms with Gasteiger partial charge >= 0.3 is 5.97 Å². The highest BCUT2D eigenvalue weighted by Crippen LogP contribution is 2.49. The number of nitrogens with one attached hydrogen (secondary N) is 1. The fourth-order valence-corrected chi connectivity index (χ4v) is 5.60. The molecule has 5 unspecified atom stereocenters. The summed E-state index contributed by atoms with van der Waals surface area (Å²) >= 11 is 0. The number of hydrogen-bond donors (Lipinski definition) is 1. The molecule has 0 radical (unpaired) electrons. The largest absolute Gasteiger partial charge is 0.462 e. The number of ether oxygens (including phenoxy) is 1. The maximum absolute atomic E-state index is 13.0. The van der Waals surface area contributed by atoms with Gasteiger partial charge in [0.15, 0.2) is 0 Å². The molecule has 0 bridgehead atoms. The number of cyclic esters (lactones) is 1. The summed E-state index contributed by atoms with van der Waals surface area (Å²) in [6.45, 7) is 6.46. The van der Waals surface area contributed by atoms with Crippen LogP contribution in [0.4, 0.5) is 4.39 Å². The average molecular weight is 410 g/mol. The molecule has 5 rings (SSSR count). The first-order valence-electron chi connectivity index (χ1n) is 11.3. The van der Waals surface area contributed by atoms with Gasteiger partial charge in [0.1, 0.15) is 11.9 Å². The smallest absolute Gasteiger partial charge is 0.309 e. The van der Waals surface area contributed by atoms with E-state index in [0.29, 0.717) is 12.5 Å². The van der Waals surface area contributed by atoms with Gasteiger partial charge in [0.05, 0.1) is 5.92 Å². The Morgan fingerprint density at radius 3 is 2.60 bits per heavy atom. The molecule has 1 aromatic rings. The van der Waals surface area contributed by atoms with Gasteiger partial charge in [0.2, 0.25) is 0 Å². The van der Waals surface area contributed by atoms with E-state index in [4.69, 9.17) is 4.74 Å². The van der Waals surface area contributed by atoms with Crippen molar-refractivity contribution in [3.8, 4) is 0 Å². The topological polar surface area (TPSA) is 38.3 Å². The summed E-state index contributed by atoms with van der Waals surface area (Å²) in [5.41, 5.74) is 3.00. The Bertz CT molecular complexity index is 858. The predicted octanol–water partition coefficient (Wildman–Crippen LogP) is 5.65. The highest BCUT2D eigenvalue weighted by molar-refractivity contribution is 5.75. The van der Waals surface area contributed by atoms with Crippen LogP contribution < -0.4 is 5.32 Å². The summed E-state index contributed by atoms with van der Waals surface area (Å²) in [7, 11) is 0. The van der Waals surface area contributed by atoms with Crippen molar-refractivity contribution in [2.75, 3.05) is 6.54 Å². The molecule has 160 valence electrons. The van der Waals surface area contributed by atoms with Crippen LogP contribution >= 0.6 is 0 Å². The minimum Gasteiger partial charge on any atom is -0.462 e. The Balaban J connectivity index is 0.000000145. The first kappa shape index (κ1) is 20.9. The molecule has 3 fully saturated rings. The number of allylic oxidation sites excluding steroid dienone is 3. The molecule has 30 heavy (non-hydrogen) atoms. The lowest BCUT2D eigenvalue weighted by Gasteiger charge is -2.40. The zero-order valence-corrected chi connectivity index (χ0v) is 17.8. The van der Waals surface area contributed by atoms with E-state index in [2.05, 4.69) is 18.8 Å². The SMILES string of the molecule is C=CC1=CC=C(c2cccc(F)c2)CN1.CC1OC(=O)C2CC3CCCCC3CC12. The van der Waals surface area contributed by atoms with Crippen LogP contribution in [-0.2, 0) is 9.53 Å². The normalized spacial score (nSPS) is 32.2. The molecule has 2 saturated carbocycles. The molecular formula is C26H32FNO2. The van der Waals surface area contributed by atoms with Crippen LogP contribution in [0.2, 0.25) is 0 Å². The van der Waals surface area contributed by atoms with Crippen LogP contribution in [0.3, 0.4) is 0 Å². The van der Waals surface area contributed by atoms with Crippen molar-refractivity contribution in [1.82, 2.24) is 5.32 Å². The second-order valence-corrected chi connectivity index (χ2v) is 9.07. The third-order valence-corrected chi connectivity index (χ3v) is 7.29. The summed E-state index contributed by atoms with van der Waals surface area (Å²) in [5.74, 6) is 2.41. The van der Waals surface area contributed by atoms with Gasteiger partial charge in [-0.25, -0.2) is 4.39 Å². The van der Waals surface area contributed by atoms with Crippen molar-refractivity contribution in [3.05, 3.63) is 66.2 Å². The molecule has 5 atom stereocenters. The van der Waals surface area contributed by atoms with Crippen LogP contribution in [0.1, 0.15) is 51.0 Å². The molecule has 1 aromatic carbocycles. The van der Waals surface area contributed by atoms with E-state index in [1.807, 2.05) is 18.2 Å². The Morgan fingerprint density at radius 2 is 1.93 bits per heavy atom. The van der Waals surface area contributed by atoms with Gasteiger partial charge in [-0.15, -0.1) is 0 Å². The summed E-state index contributed by atoms with van der Waals surface area (Å²) in [6, 6.07) is 6.62. The van der Waals surface area contributed by atoms with Crippen molar-refractivity contribution in [1.29, 1.82) is 0 Å². The minimum atomic E-state index is -0.202. The Morgan fingerprint density at radius 1 is 1.17 bits per heavy atom. The number of rotatable bonds is 2. The Kier molecular flexibility index (Phi) is 6.40. The number of fused-ring (bicyclic) bond motifs is 2. The number of dihydropyridines is 1. The second kappa shape index (κ2) is 9.20. The maximum atomic E-state index is 13.0. The lowest BCUT2D eigenvalue weighted by Crippen LogP contribution is -2.35. The summed E-state index contributed by atoms with van der Waals surface area (Å²) in [5, 5.41) is 3.19. The zero-order valence-electron chi connectivity index (χ0n) is 17.8. The minimum absolute atomic E-state index is 0.0940. The van der Waals surface area contributed by atoms with E-state index in [9.17, 15) is 9.18 Å². The molecule has 0 aromatic heterocycles. The van der Waals surface area contributed by atoms with Crippen LogP contribution in [0, 0.1) is 29.5 Å². The third-order valence-electron chi connectivity index (χ3n) is 7.29. The van der Waals surface area contributed by atoms with E-state index in [1.54, 1.807) is 18.2 Å². The Labute approximate surface area is 179 Å². The first-order chi connectivity index (χ1) is 14.5. The quantitative estimate of drug-likeness (QED) is 0.642. The van der Waals surface area contributed by atoms with Gasteiger partial charge < -0.3 is 10.1 Å². The fourth-order valence-electron chi connectivity index (χ4n) is 5.60. The standard InChI is InChI=1S/C13H12FN.C13H20O2/c1-2-13-7-6-11(9-15-13)10-4-3-5-12(14)8-10;1-8-11-6-9-4-2-3-5-10(9)7-12(11)13(14)15-8/h2-8,15H,1,9H2;8-12H,2-7H2,1H3. The fraction of sp³-hybridized carbons (Fsp3) is 0.500. The first-order valence-corrected chi connectivity index (χ1v) is 11.3. The van der Waals surface area contributed by atoms with Crippen molar-refractivity contribution >= 4 is 11.5 Å². The maximum Gasteiger partial charge on any atom is 0.309 e. The number of esters is 1. The zero-order chi connectivity index (χ0) is 21.1. The van der Waals surface area contributed by atoms with Crippen molar-refractivity contribution in [3.63, 3.8) is 0 Å². The monoisotopic (exact) mass is 409 g/mol. The van der Waals surface area contributed by atoms with Crippen LogP contribution in [-0.4, -0.2) is 18.6 Å².